The Morgan fingerprint density at radius 3 is 2.58 bits per heavy atom. The highest BCUT2D eigenvalue weighted by Crippen LogP contribution is 2.23. The van der Waals surface area contributed by atoms with Gasteiger partial charge in [0.1, 0.15) is 12.4 Å². The zero-order chi connectivity index (χ0) is 18.4. The van der Waals surface area contributed by atoms with Gasteiger partial charge in [-0.3, -0.25) is 9.36 Å². The van der Waals surface area contributed by atoms with Gasteiger partial charge in [-0.1, -0.05) is 48.2 Å². The van der Waals surface area contributed by atoms with Crippen molar-refractivity contribution in [3.63, 3.8) is 0 Å². The highest BCUT2D eigenvalue weighted by molar-refractivity contribution is 7.99. The predicted octanol–water partition coefficient (Wildman–Crippen LogP) is 2.99. The normalized spacial score (nSPS) is 10.5. The molecule has 0 atom stereocenters. The third-order valence-electron chi connectivity index (χ3n) is 3.78. The third-order valence-corrected chi connectivity index (χ3v) is 4.71. The van der Waals surface area contributed by atoms with Crippen LogP contribution in [-0.2, 0) is 11.4 Å². The summed E-state index contributed by atoms with van der Waals surface area (Å²) in [5, 5.41) is 11.8. The second kappa shape index (κ2) is 8.53. The maximum Gasteiger partial charge on any atom is 0.230 e. The maximum atomic E-state index is 11.6. The second-order valence-corrected chi connectivity index (χ2v) is 6.53. The zero-order valence-corrected chi connectivity index (χ0v) is 15.5. The maximum absolute atomic E-state index is 11.6. The number of aryl methyl sites for hydroxylation is 1. The molecule has 0 spiro atoms. The molecule has 0 radical (unpaired) electrons. The monoisotopic (exact) mass is 368 g/mol. The lowest BCUT2D eigenvalue weighted by Gasteiger charge is -2.12. The fourth-order valence-corrected chi connectivity index (χ4v) is 3.23. The molecule has 0 fully saturated rings. The summed E-state index contributed by atoms with van der Waals surface area (Å²) in [5.41, 5.74) is 1.99. The lowest BCUT2D eigenvalue weighted by Crippen LogP contribution is -2.20. The van der Waals surface area contributed by atoms with E-state index >= 15 is 0 Å². The Morgan fingerprint density at radius 2 is 1.85 bits per heavy atom. The number of carbonyl (C=O) groups is 1. The average molecular weight is 368 g/mol. The van der Waals surface area contributed by atoms with E-state index < -0.39 is 0 Å². The van der Waals surface area contributed by atoms with Gasteiger partial charge in [0.05, 0.1) is 5.75 Å². The van der Waals surface area contributed by atoms with Gasteiger partial charge in [-0.2, -0.15) is 0 Å². The van der Waals surface area contributed by atoms with Gasteiger partial charge < -0.3 is 10.1 Å². The summed E-state index contributed by atoms with van der Waals surface area (Å²) in [4.78, 5) is 11.6. The first-order valence-electron chi connectivity index (χ1n) is 8.20. The molecule has 1 amide bonds. The fraction of sp³-hybridized carbons (Fsp3) is 0.211. The summed E-state index contributed by atoms with van der Waals surface area (Å²) in [6.45, 7) is 2.29. The minimum atomic E-state index is -0.0599. The Balaban J connectivity index is 1.86. The van der Waals surface area contributed by atoms with Gasteiger partial charge in [0.25, 0.3) is 0 Å². The third kappa shape index (κ3) is 4.23. The molecule has 1 N–H and O–H groups in total. The summed E-state index contributed by atoms with van der Waals surface area (Å²) in [7, 11) is 1.62. The highest BCUT2D eigenvalue weighted by Gasteiger charge is 2.16. The molecule has 0 bridgehead atoms. The van der Waals surface area contributed by atoms with Crippen molar-refractivity contribution in [2.45, 2.75) is 18.7 Å². The van der Waals surface area contributed by atoms with Crippen LogP contribution in [0.2, 0.25) is 0 Å². The Kier molecular flexibility index (Phi) is 5.91. The first kappa shape index (κ1) is 18.0. The SMILES string of the molecule is CNC(=O)CSc1nnc(COc2ccccc2C)n1-c1ccccc1. The molecule has 1 heterocycles. The van der Waals surface area contributed by atoms with Crippen LogP contribution in [0.25, 0.3) is 5.69 Å². The van der Waals surface area contributed by atoms with Gasteiger partial charge in [-0.05, 0) is 30.7 Å². The molecule has 26 heavy (non-hydrogen) atoms. The van der Waals surface area contributed by atoms with Crippen molar-refractivity contribution in [3.05, 3.63) is 66.0 Å². The van der Waals surface area contributed by atoms with E-state index in [9.17, 15) is 4.79 Å². The van der Waals surface area contributed by atoms with E-state index in [0.29, 0.717) is 11.0 Å². The van der Waals surface area contributed by atoms with Crippen LogP contribution in [0.3, 0.4) is 0 Å². The second-order valence-electron chi connectivity index (χ2n) is 5.59. The summed E-state index contributed by atoms with van der Waals surface area (Å²) < 4.78 is 7.86. The molecule has 134 valence electrons. The Morgan fingerprint density at radius 1 is 1.12 bits per heavy atom. The molecule has 0 aliphatic rings. The number of nitrogens with zero attached hydrogens (tertiary/aromatic N) is 3. The number of ether oxygens (including phenoxy) is 1. The Bertz CT molecular complexity index is 880. The number of hydrogen-bond acceptors (Lipinski definition) is 5. The van der Waals surface area contributed by atoms with Gasteiger partial charge in [0, 0.05) is 12.7 Å². The van der Waals surface area contributed by atoms with Crippen molar-refractivity contribution in [1.82, 2.24) is 20.1 Å². The minimum Gasteiger partial charge on any atom is -0.485 e. The number of carbonyl (C=O) groups excluding carboxylic acids is 1. The lowest BCUT2D eigenvalue weighted by atomic mass is 10.2. The molecule has 0 unspecified atom stereocenters. The standard InChI is InChI=1S/C19H20N4O2S/c1-14-8-6-7-11-16(14)25-12-17-21-22-19(26-13-18(24)20-2)23(17)15-9-4-3-5-10-15/h3-11H,12-13H2,1-2H3,(H,20,24). The van der Waals surface area contributed by atoms with Crippen LogP contribution in [-0.4, -0.2) is 33.5 Å². The van der Waals surface area contributed by atoms with Crippen LogP contribution in [0.5, 0.6) is 5.75 Å². The van der Waals surface area contributed by atoms with E-state index in [0.717, 1.165) is 17.0 Å². The predicted molar refractivity (Wildman–Crippen MR) is 102 cm³/mol. The van der Waals surface area contributed by atoms with E-state index in [1.54, 1.807) is 7.05 Å². The van der Waals surface area contributed by atoms with E-state index in [1.807, 2.05) is 66.1 Å². The number of rotatable bonds is 7. The van der Waals surface area contributed by atoms with Gasteiger partial charge in [0.15, 0.2) is 11.0 Å². The summed E-state index contributed by atoms with van der Waals surface area (Å²) in [6.07, 6.45) is 0. The summed E-state index contributed by atoms with van der Waals surface area (Å²) in [6, 6.07) is 17.7. The van der Waals surface area contributed by atoms with Crippen LogP contribution >= 0.6 is 11.8 Å². The first-order chi connectivity index (χ1) is 12.7. The van der Waals surface area contributed by atoms with Crippen molar-refractivity contribution in [1.29, 1.82) is 0 Å². The number of benzene rings is 2. The molecule has 2 aromatic carbocycles. The molecular formula is C19H20N4O2S. The van der Waals surface area contributed by atoms with Gasteiger partial charge in [-0.15, -0.1) is 10.2 Å². The molecule has 7 heteroatoms. The van der Waals surface area contributed by atoms with Crippen molar-refractivity contribution < 1.29 is 9.53 Å². The number of amides is 1. The molecule has 0 saturated heterocycles. The Hall–Kier alpha value is -2.80. The fourth-order valence-electron chi connectivity index (χ4n) is 2.39. The van der Waals surface area contributed by atoms with Crippen molar-refractivity contribution in [2.75, 3.05) is 12.8 Å². The molecule has 6 nitrogen and oxygen atoms in total. The highest BCUT2D eigenvalue weighted by atomic mass is 32.2. The molecule has 0 aliphatic heterocycles. The molecular weight excluding hydrogens is 348 g/mol. The van der Waals surface area contributed by atoms with E-state index in [2.05, 4.69) is 15.5 Å². The lowest BCUT2D eigenvalue weighted by molar-refractivity contribution is -0.118. The Labute approximate surface area is 156 Å². The van der Waals surface area contributed by atoms with Crippen molar-refractivity contribution in [3.8, 4) is 11.4 Å². The smallest absolute Gasteiger partial charge is 0.230 e. The molecule has 3 aromatic rings. The number of nitrogens with one attached hydrogen (secondary N) is 1. The van der Waals surface area contributed by atoms with Gasteiger partial charge in [0.2, 0.25) is 5.91 Å². The number of thioether (sulfide) groups is 1. The topological polar surface area (TPSA) is 69.0 Å². The molecule has 0 aliphatic carbocycles. The van der Waals surface area contributed by atoms with E-state index in [1.165, 1.54) is 11.8 Å². The van der Waals surface area contributed by atoms with E-state index in [-0.39, 0.29) is 18.3 Å². The van der Waals surface area contributed by atoms with Crippen LogP contribution < -0.4 is 10.1 Å². The van der Waals surface area contributed by atoms with Crippen LogP contribution in [0.15, 0.2) is 59.8 Å². The molecule has 3 rings (SSSR count). The summed E-state index contributed by atoms with van der Waals surface area (Å²) >= 11 is 1.34. The van der Waals surface area contributed by atoms with Crippen LogP contribution in [0.4, 0.5) is 0 Å². The average Bonchev–Trinajstić information content (AvgIpc) is 3.09. The largest absolute Gasteiger partial charge is 0.485 e. The van der Waals surface area contributed by atoms with Crippen molar-refractivity contribution >= 4 is 17.7 Å². The van der Waals surface area contributed by atoms with Gasteiger partial charge >= 0.3 is 0 Å². The van der Waals surface area contributed by atoms with Crippen LogP contribution in [0.1, 0.15) is 11.4 Å². The number of hydrogen-bond donors (Lipinski definition) is 1. The molecule has 0 saturated carbocycles. The van der Waals surface area contributed by atoms with Crippen molar-refractivity contribution in [2.24, 2.45) is 0 Å². The number of aromatic nitrogens is 3. The molecule has 1 aromatic heterocycles. The minimum absolute atomic E-state index is 0.0599. The van der Waals surface area contributed by atoms with Gasteiger partial charge in [-0.25, -0.2) is 0 Å². The van der Waals surface area contributed by atoms with Crippen LogP contribution in [0, 0.1) is 6.92 Å². The number of para-hydroxylation sites is 2. The zero-order valence-electron chi connectivity index (χ0n) is 14.7. The first-order valence-corrected chi connectivity index (χ1v) is 9.19. The van der Waals surface area contributed by atoms with E-state index in [4.69, 9.17) is 4.74 Å². The summed E-state index contributed by atoms with van der Waals surface area (Å²) in [5.74, 6) is 1.71. The quantitative estimate of drug-likeness (QED) is 0.649.